The molecule has 3 nitrogen and oxygen atoms in total. The number of ether oxygens (including phenoxy) is 2. The first kappa shape index (κ1) is 13.1. The van der Waals surface area contributed by atoms with Crippen LogP contribution in [0.3, 0.4) is 0 Å². The molecule has 1 aromatic carbocycles. The van der Waals surface area contributed by atoms with Crippen LogP contribution in [0.15, 0.2) is 30.3 Å². The van der Waals surface area contributed by atoms with Crippen LogP contribution in [0, 0.1) is 11.8 Å². The molecule has 1 aliphatic heterocycles. The summed E-state index contributed by atoms with van der Waals surface area (Å²) in [6.45, 7) is 0.595. The third-order valence-corrected chi connectivity index (χ3v) is 2.84. The number of rotatable bonds is 3. The van der Waals surface area contributed by atoms with Gasteiger partial charge in [-0.1, -0.05) is 42.2 Å². The van der Waals surface area contributed by atoms with Crippen LogP contribution in [0.2, 0.25) is 0 Å². The van der Waals surface area contributed by atoms with Crippen molar-refractivity contribution in [3.8, 4) is 11.8 Å². The van der Waals surface area contributed by atoms with Crippen LogP contribution < -0.4 is 0 Å². The Bertz CT molecular complexity index is 399. The Morgan fingerprint density at radius 2 is 2.17 bits per heavy atom. The fourth-order valence-corrected chi connectivity index (χ4v) is 1.93. The predicted molar refractivity (Wildman–Crippen MR) is 68.7 cm³/mol. The highest BCUT2D eigenvalue weighted by Crippen LogP contribution is 2.23. The first-order valence-corrected chi connectivity index (χ1v) is 6.31. The molecular weight excluding hydrogens is 228 g/mol. The van der Waals surface area contributed by atoms with Crippen molar-refractivity contribution >= 4 is 0 Å². The van der Waals surface area contributed by atoms with E-state index < -0.39 is 0 Å². The van der Waals surface area contributed by atoms with E-state index in [4.69, 9.17) is 14.6 Å². The lowest BCUT2D eigenvalue weighted by molar-refractivity contribution is -0.178. The first-order valence-electron chi connectivity index (χ1n) is 6.31. The maximum absolute atomic E-state index is 8.81. The molecule has 0 saturated carbocycles. The Labute approximate surface area is 108 Å². The van der Waals surface area contributed by atoms with Gasteiger partial charge in [-0.15, -0.1) is 0 Å². The molecule has 0 aromatic heterocycles. The maximum Gasteiger partial charge on any atom is 0.159 e. The van der Waals surface area contributed by atoms with Crippen molar-refractivity contribution in [1.82, 2.24) is 0 Å². The van der Waals surface area contributed by atoms with Gasteiger partial charge in [0.2, 0.25) is 0 Å². The normalized spacial score (nSPS) is 20.8. The molecule has 1 aliphatic rings. The number of hydrogen-bond donors (Lipinski definition) is 1. The zero-order valence-corrected chi connectivity index (χ0v) is 10.3. The lowest BCUT2D eigenvalue weighted by Crippen LogP contribution is -2.24. The van der Waals surface area contributed by atoms with Crippen LogP contribution >= 0.6 is 0 Å². The molecule has 1 N–H and O–H groups in total. The van der Waals surface area contributed by atoms with E-state index in [9.17, 15) is 0 Å². The van der Waals surface area contributed by atoms with Gasteiger partial charge in [0.1, 0.15) is 12.7 Å². The fourth-order valence-electron chi connectivity index (χ4n) is 1.93. The molecule has 0 spiro atoms. The summed E-state index contributed by atoms with van der Waals surface area (Å²) in [6.07, 6.45) is 2.61. The lowest BCUT2D eigenvalue weighted by atomic mass is 10.1. The molecule has 2 unspecified atom stereocenters. The summed E-state index contributed by atoms with van der Waals surface area (Å²) in [5.41, 5.74) is 0.993. The van der Waals surface area contributed by atoms with E-state index in [2.05, 4.69) is 11.8 Å². The molecule has 1 heterocycles. The van der Waals surface area contributed by atoms with E-state index in [1.807, 2.05) is 30.3 Å². The van der Waals surface area contributed by atoms with Gasteiger partial charge >= 0.3 is 0 Å². The summed E-state index contributed by atoms with van der Waals surface area (Å²) in [5.74, 6) is 5.59. The van der Waals surface area contributed by atoms with Crippen molar-refractivity contribution in [2.75, 3.05) is 13.2 Å². The van der Waals surface area contributed by atoms with Crippen molar-refractivity contribution in [2.45, 2.75) is 31.7 Å². The summed E-state index contributed by atoms with van der Waals surface area (Å²) in [7, 11) is 0. The minimum atomic E-state index is -0.332. The zero-order valence-electron chi connectivity index (χ0n) is 10.3. The van der Waals surface area contributed by atoms with Gasteiger partial charge in [0.25, 0.3) is 0 Å². The number of aliphatic hydroxyl groups is 1. The standard InChI is InChI=1S/C15H18O3/c16-11-6-9-14(13-7-2-1-3-8-13)18-15-10-4-5-12-17-15/h1-3,7-8,14-16H,4-5,10-12H2. The van der Waals surface area contributed by atoms with Gasteiger partial charge in [-0.3, -0.25) is 0 Å². The van der Waals surface area contributed by atoms with Crippen molar-refractivity contribution in [3.63, 3.8) is 0 Å². The third kappa shape index (κ3) is 3.85. The predicted octanol–water partition coefficient (Wildman–Crippen LogP) is 2.27. The number of hydrogen-bond acceptors (Lipinski definition) is 3. The third-order valence-electron chi connectivity index (χ3n) is 2.84. The fraction of sp³-hybridized carbons (Fsp3) is 0.467. The second-order valence-corrected chi connectivity index (χ2v) is 4.20. The molecule has 96 valence electrons. The van der Waals surface area contributed by atoms with Crippen molar-refractivity contribution in [1.29, 1.82) is 0 Å². The summed E-state index contributed by atoms with van der Waals surface area (Å²) < 4.78 is 11.4. The molecule has 1 aromatic rings. The number of aliphatic hydroxyl groups excluding tert-OH is 1. The van der Waals surface area contributed by atoms with Gasteiger partial charge in [-0.05, 0) is 24.8 Å². The highest BCUT2D eigenvalue weighted by molar-refractivity contribution is 5.25. The van der Waals surface area contributed by atoms with Crippen LogP contribution in [0.4, 0.5) is 0 Å². The van der Waals surface area contributed by atoms with Gasteiger partial charge in [0, 0.05) is 6.61 Å². The van der Waals surface area contributed by atoms with E-state index in [1.54, 1.807) is 0 Å². The van der Waals surface area contributed by atoms with Crippen molar-refractivity contribution in [3.05, 3.63) is 35.9 Å². The molecule has 0 bridgehead atoms. The molecule has 0 amide bonds. The van der Waals surface area contributed by atoms with E-state index in [0.717, 1.165) is 31.4 Å². The zero-order chi connectivity index (χ0) is 12.6. The Kier molecular flexibility index (Phi) is 5.22. The first-order chi connectivity index (χ1) is 8.90. The van der Waals surface area contributed by atoms with Crippen molar-refractivity contribution < 1.29 is 14.6 Å². The summed E-state index contributed by atoms with van der Waals surface area (Å²) in [5, 5.41) is 8.81. The van der Waals surface area contributed by atoms with Gasteiger partial charge in [0.15, 0.2) is 6.29 Å². The highest BCUT2D eigenvalue weighted by atomic mass is 16.7. The van der Waals surface area contributed by atoms with Crippen molar-refractivity contribution in [2.24, 2.45) is 0 Å². The molecule has 3 heteroatoms. The van der Waals surface area contributed by atoms with Crippen LogP contribution in [-0.4, -0.2) is 24.6 Å². The monoisotopic (exact) mass is 246 g/mol. The summed E-state index contributed by atoms with van der Waals surface area (Å²) in [6, 6.07) is 9.80. The van der Waals surface area contributed by atoms with E-state index in [-0.39, 0.29) is 19.0 Å². The lowest BCUT2D eigenvalue weighted by Gasteiger charge is -2.25. The molecule has 2 rings (SSSR count). The topological polar surface area (TPSA) is 38.7 Å². The van der Waals surface area contributed by atoms with Gasteiger partial charge < -0.3 is 14.6 Å². The van der Waals surface area contributed by atoms with Crippen LogP contribution in [-0.2, 0) is 9.47 Å². The van der Waals surface area contributed by atoms with Crippen LogP contribution in [0.5, 0.6) is 0 Å². The Balaban J connectivity index is 2.05. The second-order valence-electron chi connectivity index (χ2n) is 4.20. The smallest absolute Gasteiger partial charge is 0.159 e. The Morgan fingerprint density at radius 1 is 1.33 bits per heavy atom. The van der Waals surface area contributed by atoms with E-state index in [1.165, 1.54) is 0 Å². The molecule has 2 atom stereocenters. The molecule has 1 fully saturated rings. The molecule has 0 aliphatic carbocycles. The maximum atomic E-state index is 8.81. The Morgan fingerprint density at radius 3 is 2.83 bits per heavy atom. The van der Waals surface area contributed by atoms with E-state index in [0.29, 0.717) is 0 Å². The average Bonchev–Trinajstić information content (AvgIpc) is 2.45. The minimum Gasteiger partial charge on any atom is -0.384 e. The molecule has 1 saturated heterocycles. The average molecular weight is 246 g/mol. The number of benzene rings is 1. The second kappa shape index (κ2) is 7.17. The van der Waals surface area contributed by atoms with Crippen LogP contribution in [0.25, 0.3) is 0 Å². The summed E-state index contributed by atoms with van der Waals surface area (Å²) >= 11 is 0. The molecular formula is C15H18O3. The summed E-state index contributed by atoms with van der Waals surface area (Å²) in [4.78, 5) is 0. The van der Waals surface area contributed by atoms with Crippen LogP contribution in [0.1, 0.15) is 30.9 Å². The molecule has 0 radical (unpaired) electrons. The highest BCUT2D eigenvalue weighted by Gasteiger charge is 2.19. The van der Waals surface area contributed by atoms with Gasteiger partial charge in [-0.25, -0.2) is 0 Å². The quantitative estimate of drug-likeness (QED) is 0.831. The van der Waals surface area contributed by atoms with Gasteiger partial charge in [0.05, 0.1) is 0 Å². The van der Waals surface area contributed by atoms with E-state index >= 15 is 0 Å². The molecule has 18 heavy (non-hydrogen) atoms. The largest absolute Gasteiger partial charge is 0.384 e. The SMILES string of the molecule is OCC#CC(OC1CCCCO1)c1ccccc1. The minimum absolute atomic E-state index is 0.155. The van der Waals surface area contributed by atoms with Gasteiger partial charge in [-0.2, -0.15) is 0 Å². The Hall–Kier alpha value is -1.34.